The van der Waals surface area contributed by atoms with Crippen LogP contribution in [0.15, 0.2) is 0 Å². The van der Waals surface area contributed by atoms with Gasteiger partial charge in [-0.05, 0) is 20.8 Å². The molecule has 2 atom stereocenters. The average molecular weight is 282 g/mol. The Morgan fingerprint density at radius 1 is 1.44 bits per heavy atom. The van der Waals surface area contributed by atoms with E-state index in [1.807, 2.05) is 0 Å². The number of hydrogen-bond acceptors (Lipinski definition) is 7. The maximum atomic E-state index is 11.8. The molecule has 8 heteroatoms. The van der Waals surface area contributed by atoms with Gasteiger partial charge in [0.25, 0.3) is 10.1 Å². The van der Waals surface area contributed by atoms with Crippen LogP contribution in [0.4, 0.5) is 0 Å². The van der Waals surface area contributed by atoms with Crippen molar-refractivity contribution < 1.29 is 31.6 Å². The summed E-state index contributed by atoms with van der Waals surface area (Å²) in [6.45, 7) is 4.65. The van der Waals surface area contributed by atoms with Gasteiger partial charge in [-0.1, -0.05) is 0 Å². The Balaban J connectivity index is 3.03. The zero-order valence-electron chi connectivity index (χ0n) is 11.1. The van der Waals surface area contributed by atoms with Crippen molar-refractivity contribution in [2.75, 3.05) is 20.0 Å². The predicted molar refractivity (Wildman–Crippen MR) is 61.3 cm³/mol. The van der Waals surface area contributed by atoms with Gasteiger partial charge in [0.05, 0.1) is 20.0 Å². The van der Waals surface area contributed by atoms with E-state index < -0.39 is 33.6 Å². The van der Waals surface area contributed by atoms with Gasteiger partial charge in [-0.3, -0.25) is 0 Å². The molecule has 0 radical (unpaired) electrons. The fraction of sp³-hybridized carbons (Fsp3) is 0.900. The number of rotatable bonds is 4. The van der Waals surface area contributed by atoms with Crippen LogP contribution in [0.1, 0.15) is 20.8 Å². The molecule has 1 fully saturated rings. The highest BCUT2D eigenvalue weighted by Gasteiger charge is 2.53. The van der Waals surface area contributed by atoms with Crippen LogP contribution in [0.25, 0.3) is 0 Å². The van der Waals surface area contributed by atoms with Crippen molar-refractivity contribution in [2.24, 2.45) is 0 Å². The normalized spacial score (nSPS) is 26.6. The molecule has 0 saturated carbocycles. The summed E-state index contributed by atoms with van der Waals surface area (Å²) >= 11 is 0. The molecule has 1 rings (SSSR count). The summed E-state index contributed by atoms with van der Waals surface area (Å²) in [7, 11) is -2.70. The molecule has 0 spiro atoms. The van der Waals surface area contributed by atoms with Gasteiger partial charge >= 0.3 is 5.97 Å². The lowest BCUT2D eigenvalue weighted by Gasteiger charge is -2.30. The van der Waals surface area contributed by atoms with Crippen LogP contribution in [-0.2, 0) is 33.3 Å². The molecule has 0 aliphatic carbocycles. The van der Waals surface area contributed by atoms with Gasteiger partial charge in [-0.15, -0.1) is 0 Å². The van der Waals surface area contributed by atoms with Crippen molar-refractivity contribution in [3.8, 4) is 0 Å². The minimum absolute atomic E-state index is 0.0358. The van der Waals surface area contributed by atoms with Gasteiger partial charge in [0.15, 0.2) is 5.79 Å². The summed E-state index contributed by atoms with van der Waals surface area (Å²) in [4.78, 5) is 11.8. The second-order valence-electron chi connectivity index (χ2n) is 4.70. The van der Waals surface area contributed by atoms with Crippen LogP contribution in [0.5, 0.6) is 0 Å². The summed E-state index contributed by atoms with van der Waals surface area (Å²) in [5.74, 6) is -1.74. The highest BCUT2D eigenvalue weighted by molar-refractivity contribution is 7.86. The first kappa shape index (κ1) is 15.4. The van der Waals surface area contributed by atoms with Gasteiger partial charge in [-0.25, -0.2) is 8.98 Å². The van der Waals surface area contributed by atoms with Gasteiger partial charge in [-0.2, -0.15) is 8.42 Å². The molecule has 1 saturated heterocycles. The highest BCUT2D eigenvalue weighted by Crippen LogP contribution is 2.32. The monoisotopic (exact) mass is 282 g/mol. The Bertz CT molecular complexity index is 428. The number of carbonyl (C=O) groups is 1. The van der Waals surface area contributed by atoms with Crippen molar-refractivity contribution in [1.29, 1.82) is 0 Å². The number of ether oxygens (including phenoxy) is 3. The van der Waals surface area contributed by atoms with Crippen LogP contribution < -0.4 is 0 Å². The summed E-state index contributed by atoms with van der Waals surface area (Å²) < 4.78 is 42.7. The Hall–Kier alpha value is -0.700. The van der Waals surface area contributed by atoms with Gasteiger partial charge in [0, 0.05) is 0 Å². The minimum Gasteiger partial charge on any atom is -0.467 e. The number of hydrogen-bond donors (Lipinski definition) is 0. The second-order valence-corrected chi connectivity index (χ2v) is 6.28. The summed E-state index contributed by atoms with van der Waals surface area (Å²) in [5, 5.41) is 0. The minimum atomic E-state index is -3.85. The van der Waals surface area contributed by atoms with E-state index in [1.165, 1.54) is 6.92 Å². The maximum absolute atomic E-state index is 11.8. The van der Waals surface area contributed by atoms with E-state index in [0.29, 0.717) is 0 Å². The van der Waals surface area contributed by atoms with E-state index in [-0.39, 0.29) is 6.61 Å². The van der Waals surface area contributed by atoms with Crippen molar-refractivity contribution in [3.63, 3.8) is 0 Å². The first-order valence-electron chi connectivity index (χ1n) is 5.31. The molecule has 1 heterocycles. The Kier molecular flexibility index (Phi) is 4.06. The summed E-state index contributed by atoms with van der Waals surface area (Å²) in [6.07, 6.45) is -0.00975. The molecular weight excluding hydrogens is 264 g/mol. The van der Waals surface area contributed by atoms with E-state index in [0.717, 1.165) is 13.4 Å². The van der Waals surface area contributed by atoms with Crippen LogP contribution in [0.3, 0.4) is 0 Å². The molecule has 0 N–H and O–H groups in total. The molecule has 1 aliphatic heterocycles. The molecule has 0 amide bonds. The lowest BCUT2D eigenvalue weighted by Crippen LogP contribution is -2.52. The van der Waals surface area contributed by atoms with E-state index >= 15 is 0 Å². The molecule has 18 heavy (non-hydrogen) atoms. The molecular formula is C10H18O7S. The smallest absolute Gasteiger partial charge is 0.342 e. The Morgan fingerprint density at radius 2 is 2.00 bits per heavy atom. The molecule has 7 nitrogen and oxygen atoms in total. The van der Waals surface area contributed by atoms with Crippen molar-refractivity contribution in [1.82, 2.24) is 0 Å². The largest absolute Gasteiger partial charge is 0.467 e. The second kappa shape index (κ2) is 4.76. The third-order valence-electron chi connectivity index (χ3n) is 2.54. The molecule has 0 aromatic rings. The summed E-state index contributed by atoms with van der Waals surface area (Å²) in [5.41, 5.74) is -1.77. The molecule has 2 unspecified atom stereocenters. The fourth-order valence-corrected chi connectivity index (χ4v) is 2.50. The molecule has 0 aromatic carbocycles. The van der Waals surface area contributed by atoms with E-state index in [2.05, 4.69) is 4.74 Å². The first-order valence-corrected chi connectivity index (χ1v) is 7.12. The standard InChI is InChI=1S/C10H18O7S/c1-9(2)15-6-7(16-9)10(3,8(11)14-4)17-18(5,12)13/h7H,6H2,1-5H3. The zero-order chi connectivity index (χ0) is 14.2. The van der Waals surface area contributed by atoms with Crippen LogP contribution in [-0.4, -0.2) is 51.9 Å². The third-order valence-corrected chi connectivity index (χ3v) is 3.19. The Labute approximate surface area is 106 Å². The number of esters is 1. The number of methoxy groups -OCH3 is 1. The lowest BCUT2D eigenvalue weighted by molar-refractivity contribution is -0.183. The van der Waals surface area contributed by atoms with Crippen LogP contribution in [0, 0.1) is 0 Å². The van der Waals surface area contributed by atoms with Crippen molar-refractivity contribution >= 4 is 16.1 Å². The van der Waals surface area contributed by atoms with Crippen molar-refractivity contribution in [2.45, 2.75) is 38.3 Å². The lowest BCUT2D eigenvalue weighted by atomic mass is 10.0. The molecule has 1 aliphatic rings. The van der Waals surface area contributed by atoms with E-state index in [1.54, 1.807) is 13.8 Å². The SMILES string of the molecule is COC(=O)C(C)(OS(C)(=O)=O)C1COC(C)(C)O1. The molecule has 0 aromatic heterocycles. The van der Waals surface area contributed by atoms with E-state index in [9.17, 15) is 13.2 Å². The topological polar surface area (TPSA) is 88.1 Å². The third kappa shape index (κ3) is 3.41. The van der Waals surface area contributed by atoms with Gasteiger partial charge < -0.3 is 14.2 Å². The first-order chi connectivity index (χ1) is 8.00. The average Bonchev–Trinajstić information content (AvgIpc) is 2.55. The fourth-order valence-electron chi connectivity index (χ4n) is 1.69. The highest BCUT2D eigenvalue weighted by atomic mass is 32.2. The quantitative estimate of drug-likeness (QED) is 0.531. The Morgan fingerprint density at radius 3 is 2.33 bits per heavy atom. The summed E-state index contributed by atoms with van der Waals surface area (Å²) in [6, 6.07) is 0. The maximum Gasteiger partial charge on any atom is 0.342 e. The number of carbonyl (C=O) groups excluding carboxylic acids is 1. The van der Waals surface area contributed by atoms with Crippen molar-refractivity contribution in [3.05, 3.63) is 0 Å². The predicted octanol–water partition coefficient (Wildman–Crippen LogP) is 0.0458. The molecule has 106 valence electrons. The van der Waals surface area contributed by atoms with Crippen LogP contribution >= 0.6 is 0 Å². The van der Waals surface area contributed by atoms with Gasteiger partial charge in [0.2, 0.25) is 5.60 Å². The van der Waals surface area contributed by atoms with Gasteiger partial charge in [0.1, 0.15) is 6.10 Å². The van der Waals surface area contributed by atoms with Crippen LogP contribution in [0.2, 0.25) is 0 Å². The van der Waals surface area contributed by atoms with E-state index in [4.69, 9.17) is 13.7 Å². The molecule has 0 bridgehead atoms. The zero-order valence-corrected chi connectivity index (χ0v) is 11.9.